The molecule has 0 saturated carbocycles. The first-order valence-electron chi connectivity index (χ1n) is 5.64. The number of rotatable bonds is 7. The van der Waals surface area contributed by atoms with Crippen molar-refractivity contribution in [2.75, 3.05) is 18.6 Å². The molecule has 0 radical (unpaired) electrons. The molecule has 21 heavy (non-hydrogen) atoms. The summed E-state index contributed by atoms with van der Waals surface area (Å²) in [6.07, 6.45) is 1.13. The Balaban J connectivity index is 2.88. The van der Waals surface area contributed by atoms with E-state index in [2.05, 4.69) is 4.72 Å². The molecular weight excluding hydrogens is 344 g/mol. The minimum absolute atomic E-state index is 0.0879. The van der Waals surface area contributed by atoms with Crippen molar-refractivity contribution < 1.29 is 21.8 Å². The van der Waals surface area contributed by atoms with E-state index >= 15 is 0 Å². The lowest BCUT2D eigenvalue weighted by molar-refractivity contribution is -0.385. The van der Waals surface area contributed by atoms with E-state index in [1.54, 1.807) is 0 Å². The lowest BCUT2D eigenvalue weighted by atomic mass is 10.3. The summed E-state index contributed by atoms with van der Waals surface area (Å²) in [5.74, 6) is -0.168. The molecule has 0 aliphatic heterocycles. The molecule has 1 rings (SSSR count). The molecule has 0 atom stereocenters. The normalized spacial score (nSPS) is 12.3. The zero-order chi connectivity index (χ0) is 16.3. The van der Waals surface area contributed by atoms with Gasteiger partial charge in [-0.1, -0.05) is 11.6 Å². The Hall–Kier alpha value is -1.23. The first kappa shape index (κ1) is 17.8. The molecule has 0 spiro atoms. The number of non-ortho nitro benzene ring substituents is 1. The van der Waals surface area contributed by atoms with Crippen LogP contribution in [0.25, 0.3) is 0 Å². The van der Waals surface area contributed by atoms with E-state index in [1.165, 1.54) is 0 Å². The lowest BCUT2D eigenvalue weighted by Crippen LogP contribution is -2.26. The number of benzene rings is 1. The summed E-state index contributed by atoms with van der Waals surface area (Å²) in [4.78, 5) is 9.49. The molecule has 1 aromatic carbocycles. The van der Waals surface area contributed by atoms with Crippen molar-refractivity contribution in [2.45, 2.75) is 11.3 Å². The Bertz CT molecular complexity index is 745. The summed E-state index contributed by atoms with van der Waals surface area (Å²) in [6.45, 7) is -0.117. The maximum atomic E-state index is 12.0. The summed E-state index contributed by atoms with van der Waals surface area (Å²) in [7, 11) is -7.23. The third-order valence-corrected chi connectivity index (χ3v) is 5.37. The number of nitro benzene ring substituents is 1. The zero-order valence-corrected chi connectivity index (χ0v) is 13.3. The lowest BCUT2D eigenvalue weighted by Gasteiger charge is -2.08. The largest absolute Gasteiger partial charge is 0.270 e. The second-order valence-corrected chi connectivity index (χ2v) is 8.66. The maximum absolute atomic E-state index is 12.0. The Kier molecular flexibility index (Phi) is 5.68. The number of sulfone groups is 1. The second kappa shape index (κ2) is 6.69. The highest BCUT2D eigenvalue weighted by atomic mass is 35.5. The fraction of sp³-hybridized carbons (Fsp3) is 0.400. The van der Waals surface area contributed by atoms with Crippen molar-refractivity contribution in [2.24, 2.45) is 0 Å². The molecule has 0 saturated heterocycles. The fourth-order valence-electron chi connectivity index (χ4n) is 1.43. The van der Waals surface area contributed by atoms with Crippen LogP contribution in [0.3, 0.4) is 0 Å². The second-order valence-electron chi connectivity index (χ2n) is 4.25. The average molecular weight is 357 g/mol. The van der Waals surface area contributed by atoms with Gasteiger partial charge in [-0.15, -0.1) is 0 Å². The third kappa shape index (κ3) is 5.58. The maximum Gasteiger partial charge on any atom is 0.270 e. The molecule has 0 aliphatic carbocycles. The standard InChI is InChI=1S/C10H13ClN2O6S2/c1-20(16,17)6-2-5-12-21(18,19)10-7-8(13(14)15)3-4-9(10)11/h3-4,7,12H,2,5-6H2,1H3. The van der Waals surface area contributed by atoms with Crippen molar-refractivity contribution >= 4 is 37.1 Å². The van der Waals surface area contributed by atoms with Gasteiger partial charge in [0.1, 0.15) is 14.7 Å². The molecule has 1 N–H and O–H groups in total. The molecule has 118 valence electrons. The quantitative estimate of drug-likeness (QED) is 0.441. The van der Waals surface area contributed by atoms with Crippen molar-refractivity contribution in [3.8, 4) is 0 Å². The van der Waals surface area contributed by atoms with Crippen LogP contribution in [-0.4, -0.2) is 40.3 Å². The predicted molar refractivity (Wildman–Crippen MR) is 77.6 cm³/mol. The molecule has 0 heterocycles. The smallest absolute Gasteiger partial charge is 0.258 e. The Labute approximate surface area is 127 Å². The highest BCUT2D eigenvalue weighted by molar-refractivity contribution is 7.90. The third-order valence-electron chi connectivity index (χ3n) is 2.40. The predicted octanol–water partition coefficient (Wildman–Crippen LogP) is 0.961. The molecule has 0 fully saturated rings. The minimum atomic E-state index is -4.05. The number of nitrogens with one attached hydrogen (secondary N) is 1. The van der Waals surface area contributed by atoms with Crippen LogP contribution in [0.15, 0.2) is 23.1 Å². The Morgan fingerprint density at radius 1 is 1.29 bits per heavy atom. The van der Waals surface area contributed by atoms with E-state index in [4.69, 9.17) is 11.6 Å². The monoisotopic (exact) mass is 356 g/mol. The van der Waals surface area contributed by atoms with Crippen LogP contribution < -0.4 is 4.72 Å². The molecule has 0 unspecified atom stereocenters. The van der Waals surface area contributed by atoms with Gasteiger partial charge in [-0.3, -0.25) is 10.1 Å². The van der Waals surface area contributed by atoms with Crippen LogP contribution in [0, 0.1) is 10.1 Å². The Morgan fingerprint density at radius 2 is 1.90 bits per heavy atom. The van der Waals surface area contributed by atoms with Crippen LogP contribution in [0.4, 0.5) is 5.69 Å². The summed E-state index contributed by atoms with van der Waals surface area (Å²) in [5.41, 5.74) is -0.407. The number of nitrogens with zero attached hydrogens (tertiary/aromatic N) is 1. The molecular formula is C10H13ClN2O6S2. The van der Waals surface area contributed by atoms with E-state index in [1.807, 2.05) is 0 Å². The first-order valence-corrected chi connectivity index (χ1v) is 9.56. The van der Waals surface area contributed by atoms with Gasteiger partial charge in [0.2, 0.25) is 10.0 Å². The Morgan fingerprint density at radius 3 is 2.43 bits per heavy atom. The number of halogens is 1. The van der Waals surface area contributed by atoms with E-state index in [0.29, 0.717) is 0 Å². The average Bonchev–Trinajstić information content (AvgIpc) is 2.33. The van der Waals surface area contributed by atoms with Crippen molar-refractivity contribution in [1.29, 1.82) is 0 Å². The minimum Gasteiger partial charge on any atom is -0.258 e. The van der Waals surface area contributed by atoms with Gasteiger partial charge in [0, 0.05) is 24.9 Å². The van der Waals surface area contributed by atoms with Crippen molar-refractivity contribution in [3.05, 3.63) is 33.3 Å². The summed E-state index contributed by atoms with van der Waals surface area (Å²) < 4.78 is 48.0. The molecule has 0 aliphatic rings. The molecule has 0 bridgehead atoms. The van der Waals surface area contributed by atoms with E-state index in [-0.39, 0.29) is 23.7 Å². The number of nitro groups is 1. The zero-order valence-electron chi connectivity index (χ0n) is 10.9. The topological polar surface area (TPSA) is 123 Å². The highest BCUT2D eigenvalue weighted by Crippen LogP contribution is 2.25. The van der Waals surface area contributed by atoms with E-state index in [9.17, 15) is 26.9 Å². The van der Waals surface area contributed by atoms with Crippen molar-refractivity contribution in [1.82, 2.24) is 4.72 Å². The van der Waals surface area contributed by atoms with Gasteiger partial charge in [-0.25, -0.2) is 21.6 Å². The summed E-state index contributed by atoms with van der Waals surface area (Å²) in [6, 6.07) is 3.05. The van der Waals surface area contributed by atoms with Crippen LogP contribution in [-0.2, 0) is 19.9 Å². The molecule has 8 nitrogen and oxygen atoms in total. The summed E-state index contributed by atoms with van der Waals surface area (Å²) >= 11 is 5.73. The van der Waals surface area contributed by atoms with Gasteiger partial charge in [0.05, 0.1) is 15.7 Å². The SMILES string of the molecule is CS(=O)(=O)CCCNS(=O)(=O)c1cc([N+](=O)[O-])ccc1Cl. The van der Waals surface area contributed by atoms with E-state index < -0.39 is 35.4 Å². The van der Waals surface area contributed by atoms with Gasteiger partial charge >= 0.3 is 0 Å². The molecule has 1 aromatic rings. The first-order chi connectivity index (χ1) is 9.53. The van der Waals surface area contributed by atoms with Gasteiger partial charge in [0.15, 0.2) is 0 Å². The van der Waals surface area contributed by atoms with Gasteiger partial charge < -0.3 is 0 Å². The number of sulfonamides is 1. The van der Waals surface area contributed by atoms with E-state index in [0.717, 1.165) is 24.5 Å². The van der Waals surface area contributed by atoms with Gasteiger partial charge in [0.25, 0.3) is 5.69 Å². The van der Waals surface area contributed by atoms with Crippen molar-refractivity contribution in [3.63, 3.8) is 0 Å². The van der Waals surface area contributed by atoms with Crippen LogP contribution in [0.1, 0.15) is 6.42 Å². The number of hydrogen-bond acceptors (Lipinski definition) is 6. The molecule has 0 amide bonds. The number of hydrogen-bond donors (Lipinski definition) is 1. The van der Waals surface area contributed by atoms with Crippen LogP contribution >= 0.6 is 11.6 Å². The van der Waals surface area contributed by atoms with Crippen LogP contribution in [0.2, 0.25) is 5.02 Å². The van der Waals surface area contributed by atoms with Gasteiger partial charge in [-0.05, 0) is 12.5 Å². The summed E-state index contributed by atoms with van der Waals surface area (Å²) in [5, 5.41) is 10.5. The molecule has 0 aromatic heterocycles. The fourth-order valence-corrected chi connectivity index (χ4v) is 3.69. The highest BCUT2D eigenvalue weighted by Gasteiger charge is 2.21. The van der Waals surface area contributed by atoms with Gasteiger partial charge in [-0.2, -0.15) is 0 Å². The van der Waals surface area contributed by atoms with Crippen LogP contribution in [0.5, 0.6) is 0 Å². The molecule has 11 heteroatoms.